The van der Waals surface area contributed by atoms with Crippen LogP contribution in [0.3, 0.4) is 0 Å². The summed E-state index contributed by atoms with van der Waals surface area (Å²) < 4.78 is 89.1. The van der Waals surface area contributed by atoms with Gasteiger partial charge in [-0.2, -0.15) is 13.2 Å². The van der Waals surface area contributed by atoms with E-state index in [-0.39, 0.29) is 60.3 Å². The summed E-state index contributed by atoms with van der Waals surface area (Å²) in [6.45, 7) is -0.537. The van der Waals surface area contributed by atoms with E-state index in [0.717, 1.165) is 24.3 Å². The minimum Gasteiger partial charge on any atom is -0.496 e. The number of benzene rings is 2. The van der Waals surface area contributed by atoms with Crippen LogP contribution in [0.15, 0.2) is 41.3 Å². The Bertz CT molecular complexity index is 1660. The number of sulfone groups is 1. The molecular weight excluding hydrogens is 652 g/mol. The van der Waals surface area contributed by atoms with E-state index in [1.54, 1.807) is 0 Å². The molecule has 3 aliphatic carbocycles. The first kappa shape index (κ1) is 34.4. The molecule has 11 nitrogen and oxygen atoms in total. The van der Waals surface area contributed by atoms with E-state index in [9.17, 15) is 46.2 Å². The predicted molar refractivity (Wildman–Crippen MR) is 157 cm³/mol. The van der Waals surface area contributed by atoms with Crippen molar-refractivity contribution in [3.8, 4) is 11.5 Å². The Labute approximate surface area is 267 Å². The normalized spacial score (nSPS) is 27.2. The van der Waals surface area contributed by atoms with Crippen molar-refractivity contribution in [3.05, 3.63) is 47.8 Å². The average molecular weight is 687 g/mol. The third kappa shape index (κ3) is 6.62. The zero-order chi connectivity index (χ0) is 34.3. The molecule has 2 aromatic rings. The van der Waals surface area contributed by atoms with Crippen molar-refractivity contribution in [3.63, 3.8) is 0 Å². The third-order valence-corrected chi connectivity index (χ3v) is 11.2. The van der Waals surface area contributed by atoms with Crippen molar-refractivity contribution in [1.29, 1.82) is 0 Å². The van der Waals surface area contributed by atoms with Crippen LogP contribution in [-0.4, -0.2) is 67.8 Å². The average Bonchev–Trinajstić information content (AvgIpc) is 3.64. The minimum atomic E-state index is -5.64. The highest BCUT2D eigenvalue weighted by atomic mass is 32.2. The lowest BCUT2D eigenvalue weighted by atomic mass is 9.74. The maximum Gasteiger partial charge on any atom is 0.501 e. The molecule has 3 fully saturated rings. The number of carbonyl (C=O) groups excluding carboxylic acids is 2. The van der Waals surface area contributed by atoms with E-state index in [1.807, 2.05) is 0 Å². The number of ether oxygens (including phenoxy) is 2. The smallest absolute Gasteiger partial charge is 0.496 e. The Morgan fingerprint density at radius 2 is 1.70 bits per heavy atom. The lowest BCUT2D eigenvalue weighted by Crippen LogP contribution is -2.48. The molecule has 2 aromatic carbocycles. The van der Waals surface area contributed by atoms with Crippen molar-refractivity contribution in [1.82, 2.24) is 5.32 Å². The van der Waals surface area contributed by atoms with Gasteiger partial charge in [0, 0.05) is 17.8 Å². The number of halogens is 4. The molecule has 0 unspecified atom stereocenters. The molecular formula is C31H34F4N2O9S. The fourth-order valence-corrected chi connectivity index (χ4v) is 7.87. The molecule has 5 rings (SSSR count). The highest BCUT2D eigenvalue weighted by molar-refractivity contribution is 7.92. The number of anilines is 1. The number of aliphatic carboxylic acids is 1. The number of alkyl halides is 3. The highest BCUT2D eigenvalue weighted by Crippen LogP contribution is 2.49. The predicted octanol–water partition coefficient (Wildman–Crippen LogP) is 4.30. The molecule has 0 radical (unpaired) electrons. The Hall–Kier alpha value is -3.92. The maximum absolute atomic E-state index is 15.0. The van der Waals surface area contributed by atoms with Crippen LogP contribution >= 0.6 is 0 Å². The molecule has 0 heterocycles. The molecule has 4 atom stereocenters. The molecule has 4 N–H and O–H groups in total. The van der Waals surface area contributed by atoms with Crippen LogP contribution in [0.1, 0.15) is 55.3 Å². The van der Waals surface area contributed by atoms with Gasteiger partial charge >= 0.3 is 11.5 Å². The molecule has 0 saturated heterocycles. The SMILES string of the molecule is COc1cc(F)c(OC2CCC(CO)(C(=O)O)CC2)cc1C(=O)N[C@H]1[C@H]2CC[C@H](C2)[C@H]1C(=O)Nc1cccc(S(=O)(=O)C(F)(F)F)c1. The van der Waals surface area contributed by atoms with Crippen LogP contribution in [-0.2, 0) is 19.4 Å². The number of carboxylic acids is 1. The number of fused-ring (bicyclic) bond motifs is 2. The topological polar surface area (TPSA) is 168 Å². The van der Waals surface area contributed by atoms with Gasteiger partial charge in [-0.1, -0.05) is 6.07 Å². The Morgan fingerprint density at radius 3 is 2.32 bits per heavy atom. The molecule has 2 bridgehead atoms. The molecule has 0 spiro atoms. The monoisotopic (exact) mass is 686 g/mol. The van der Waals surface area contributed by atoms with E-state index in [2.05, 4.69) is 10.6 Å². The largest absolute Gasteiger partial charge is 0.501 e. The Morgan fingerprint density at radius 1 is 1.02 bits per heavy atom. The van der Waals surface area contributed by atoms with Crippen LogP contribution in [0, 0.1) is 29.0 Å². The Kier molecular flexibility index (Phi) is 9.48. The lowest BCUT2D eigenvalue weighted by molar-refractivity contribution is -0.155. The zero-order valence-electron chi connectivity index (χ0n) is 25.2. The molecule has 0 aliphatic heterocycles. The number of rotatable bonds is 10. The molecule has 2 amide bonds. The Balaban J connectivity index is 1.32. The fraction of sp³-hybridized carbons (Fsp3) is 0.516. The standard InChI is InChI=1S/C31H34F4N2O9S/c1-45-23-14-22(32)24(46-19-7-9-30(15-38,10-8-19)29(41)42)13-21(23)27(39)37-26-17-6-5-16(11-17)25(26)28(40)36-18-3-2-4-20(12-18)47(43,44)31(33,34)35/h2-4,12-14,16-17,19,25-26,38H,5-11,15H2,1H3,(H,36,40)(H,37,39)(H,41,42)/t16-,17+,19?,25-,26+,30?/m1/s1. The van der Waals surface area contributed by atoms with E-state index in [1.165, 1.54) is 19.2 Å². The number of carbonyl (C=O) groups is 3. The van der Waals surface area contributed by atoms with E-state index < -0.39 is 73.9 Å². The van der Waals surface area contributed by atoms with Gasteiger partial charge in [-0.05, 0) is 81.0 Å². The molecule has 256 valence electrons. The number of nitrogens with one attached hydrogen (secondary N) is 2. The number of hydrogen-bond donors (Lipinski definition) is 4. The van der Waals surface area contributed by atoms with Crippen molar-refractivity contribution in [2.45, 2.75) is 67.5 Å². The molecule has 0 aromatic heterocycles. The number of aliphatic hydroxyl groups is 1. The summed E-state index contributed by atoms with van der Waals surface area (Å²) in [6.07, 6.45) is 2.11. The second kappa shape index (κ2) is 12.9. The van der Waals surface area contributed by atoms with Crippen LogP contribution in [0.25, 0.3) is 0 Å². The highest BCUT2D eigenvalue weighted by Gasteiger charge is 2.52. The zero-order valence-corrected chi connectivity index (χ0v) is 26.0. The second-order valence-corrected chi connectivity index (χ2v) is 14.3. The molecule has 3 saturated carbocycles. The quantitative estimate of drug-likeness (QED) is 0.267. The first-order valence-electron chi connectivity index (χ1n) is 15.0. The van der Waals surface area contributed by atoms with E-state index >= 15 is 4.39 Å². The summed E-state index contributed by atoms with van der Waals surface area (Å²) in [5.41, 5.74) is -7.06. The molecule has 16 heteroatoms. The van der Waals surface area contributed by atoms with Gasteiger partial charge in [0.25, 0.3) is 15.7 Å². The molecule has 47 heavy (non-hydrogen) atoms. The number of carboxylic acid groups (broad SMARTS) is 1. The van der Waals surface area contributed by atoms with Crippen molar-refractivity contribution >= 4 is 33.3 Å². The van der Waals surface area contributed by atoms with E-state index in [0.29, 0.717) is 19.3 Å². The van der Waals surface area contributed by atoms with Gasteiger partial charge in [-0.3, -0.25) is 14.4 Å². The number of amides is 2. The van der Waals surface area contributed by atoms with E-state index in [4.69, 9.17) is 9.47 Å². The third-order valence-electron chi connectivity index (χ3n) is 9.67. The van der Waals surface area contributed by atoms with Crippen LogP contribution in [0.2, 0.25) is 0 Å². The first-order chi connectivity index (χ1) is 22.1. The summed E-state index contributed by atoms with van der Waals surface area (Å²) in [5.74, 6) is -4.62. The summed E-state index contributed by atoms with van der Waals surface area (Å²) in [6, 6.07) is 5.31. The lowest BCUT2D eigenvalue weighted by Gasteiger charge is -2.35. The van der Waals surface area contributed by atoms with Crippen LogP contribution in [0.4, 0.5) is 23.2 Å². The van der Waals surface area contributed by atoms with Crippen molar-refractivity contribution in [2.24, 2.45) is 23.2 Å². The summed E-state index contributed by atoms with van der Waals surface area (Å²) in [5, 5.41) is 24.5. The maximum atomic E-state index is 15.0. The second-order valence-electron chi connectivity index (χ2n) is 12.4. The number of aliphatic hydroxyl groups excluding tert-OH is 1. The van der Waals surface area contributed by atoms with Gasteiger partial charge in [0.05, 0.1) is 41.6 Å². The number of hydrogen-bond acceptors (Lipinski definition) is 8. The van der Waals surface area contributed by atoms with Gasteiger partial charge in [0.1, 0.15) is 5.75 Å². The van der Waals surface area contributed by atoms with Crippen molar-refractivity contribution < 1.29 is 60.0 Å². The van der Waals surface area contributed by atoms with Crippen LogP contribution < -0.4 is 20.1 Å². The van der Waals surface area contributed by atoms with Gasteiger partial charge in [-0.25, -0.2) is 12.8 Å². The van der Waals surface area contributed by atoms with Gasteiger partial charge in [0.2, 0.25) is 5.91 Å². The van der Waals surface area contributed by atoms with Gasteiger partial charge in [-0.15, -0.1) is 0 Å². The minimum absolute atomic E-state index is 0.0815. The van der Waals surface area contributed by atoms with Gasteiger partial charge in [0.15, 0.2) is 11.6 Å². The number of methoxy groups -OCH3 is 1. The van der Waals surface area contributed by atoms with Gasteiger partial charge < -0.3 is 30.3 Å². The summed E-state index contributed by atoms with van der Waals surface area (Å²) in [4.78, 5) is 37.7. The fourth-order valence-electron chi connectivity index (χ4n) is 7.06. The summed E-state index contributed by atoms with van der Waals surface area (Å²) >= 11 is 0. The molecule has 3 aliphatic rings. The first-order valence-corrected chi connectivity index (χ1v) is 16.5. The van der Waals surface area contributed by atoms with Crippen molar-refractivity contribution in [2.75, 3.05) is 19.0 Å². The summed E-state index contributed by atoms with van der Waals surface area (Å²) in [7, 11) is -4.40. The van der Waals surface area contributed by atoms with Crippen LogP contribution in [0.5, 0.6) is 11.5 Å².